The standard InChI is InChI=1S/C22H24N2O/c1-16(18-9-4-3-5-10-18)24-22(25)15-23-17(2)20-14-8-12-19-11-6-7-13-21(19)20/h3-14,16-17,23H,15H2,1-2H3,(H,24,25)/p+1/t16-,17+/m1/s1. The number of nitrogens with two attached hydrogens (primary N) is 1. The smallest absolute Gasteiger partial charge is 0.275 e. The van der Waals surface area contributed by atoms with Crippen LogP contribution >= 0.6 is 0 Å². The number of rotatable bonds is 6. The van der Waals surface area contributed by atoms with E-state index in [9.17, 15) is 4.79 Å². The molecule has 0 fully saturated rings. The molecular weight excluding hydrogens is 308 g/mol. The lowest BCUT2D eigenvalue weighted by atomic mass is 10.00. The van der Waals surface area contributed by atoms with Crippen molar-refractivity contribution in [1.82, 2.24) is 5.32 Å². The van der Waals surface area contributed by atoms with Crippen LogP contribution in [0.25, 0.3) is 10.8 Å². The number of quaternary nitrogens is 1. The molecule has 0 aliphatic rings. The summed E-state index contributed by atoms with van der Waals surface area (Å²) in [6.45, 7) is 4.58. The van der Waals surface area contributed by atoms with Crippen molar-refractivity contribution >= 4 is 16.7 Å². The van der Waals surface area contributed by atoms with Crippen LogP contribution in [0.3, 0.4) is 0 Å². The number of carbonyl (C=O) groups is 1. The highest BCUT2D eigenvalue weighted by Crippen LogP contribution is 2.22. The number of amides is 1. The van der Waals surface area contributed by atoms with E-state index in [1.54, 1.807) is 0 Å². The number of hydrogen-bond donors (Lipinski definition) is 2. The van der Waals surface area contributed by atoms with Crippen molar-refractivity contribution in [2.75, 3.05) is 6.54 Å². The maximum atomic E-state index is 12.3. The first-order valence-electron chi connectivity index (χ1n) is 8.80. The molecule has 1 amide bonds. The minimum atomic E-state index is 0.0231. The maximum Gasteiger partial charge on any atom is 0.275 e. The van der Waals surface area contributed by atoms with E-state index in [-0.39, 0.29) is 18.0 Å². The molecule has 25 heavy (non-hydrogen) atoms. The lowest BCUT2D eigenvalue weighted by Crippen LogP contribution is -2.87. The summed E-state index contributed by atoms with van der Waals surface area (Å²) in [6.07, 6.45) is 0. The predicted molar refractivity (Wildman–Crippen MR) is 102 cm³/mol. The van der Waals surface area contributed by atoms with Crippen molar-refractivity contribution in [3.63, 3.8) is 0 Å². The minimum Gasteiger partial charge on any atom is -0.345 e. The molecule has 0 heterocycles. The molecule has 0 aliphatic carbocycles. The van der Waals surface area contributed by atoms with Gasteiger partial charge in [-0.15, -0.1) is 0 Å². The summed E-state index contributed by atoms with van der Waals surface area (Å²) in [5.74, 6) is 0.0587. The third kappa shape index (κ3) is 4.25. The summed E-state index contributed by atoms with van der Waals surface area (Å²) in [4.78, 5) is 12.3. The largest absolute Gasteiger partial charge is 0.345 e. The van der Waals surface area contributed by atoms with Crippen LogP contribution in [0, 0.1) is 0 Å². The molecule has 0 radical (unpaired) electrons. The van der Waals surface area contributed by atoms with Crippen LogP contribution < -0.4 is 10.6 Å². The Kier molecular flexibility index (Phi) is 5.46. The van der Waals surface area contributed by atoms with Gasteiger partial charge < -0.3 is 10.6 Å². The zero-order valence-corrected chi connectivity index (χ0v) is 14.8. The van der Waals surface area contributed by atoms with E-state index in [4.69, 9.17) is 0 Å². The molecule has 0 saturated carbocycles. The summed E-state index contributed by atoms with van der Waals surface area (Å²) in [5.41, 5.74) is 2.39. The van der Waals surface area contributed by atoms with E-state index in [0.717, 1.165) is 5.56 Å². The van der Waals surface area contributed by atoms with Gasteiger partial charge in [0.25, 0.3) is 5.91 Å². The van der Waals surface area contributed by atoms with Crippen LogP contribution in [0.5, 0.6) is 0 Å². The monoisotopic (exact) mass is 333 g/mol. The lowest BCUT2D eigenvalue weighted by molar-refractivity contribution is -0.682. The highest BCUT2D eigenvalue weighted by Gasteiger charge is 2.15. The van der Waals surface area contributed by atoms with Gasteiger partial charge in [-0.3, -0.25) is 4.79 Å². The van der Waals surface area contributed by atoms with Crippen molar-refractivity contribution in [1.29, 1.82) is 0 Å². The van der Waals surface area contributed by atoms with Gasteiger partial charge in [-0.1, -0.05) is 72.8 Å². The fraction of sp³-hybridized carbons (Fsp3) is 0.227. The second kappa shape index (κ2) is 7.95. The van der Waals surface area contributed by atoms with Crippen molar-refractivity contribution in [2.24, 2.45) is 0 Å². The second-order valence-corrected chi connectivity index (χ2v) is 6.50. The van der Waals surface area contributed by atoms with Crippen molar-refractivity contribution in [3.8, 4) is 0 Å². The van der Waals surface area contributed by atoms with E-state index in [2.05, 4.69) is 60.0 Å². The molecule has 0 unspecified atom stereocenters. The van der Waals surface area contributed by atoms with Crippen molar-refractivity contribution in [2.45, 2.75) is 25.9 Å². The van der Waals surface area contributed by atoms with Crippen LogP contribution in [0.2, 0.25) is 0 Å². The molecule has 0 spiro atoms. The summed E-state index contributed by atoms with van der Waals surface area (Å²) < 4.78 is 0. The van der Waals surface area contributed by atoms with E-state index < -0.39 is 0 Å². The van der Waals surface area contributed by atoms with Crippen molar-refractivity contribution < 1.29 is 10.1 Å². The van der Waals surface area contributed by atoms with Gasteiger partial charge in [0, 0.05) is 5.56 Å². The molecular formula is C22H25N2O+. The predicted octanol–water partition coefficient (Wildman–Crippen LogP) is 3.34. The first-order chi connectivity index (χ1) is 12.1. The lowest BCUT2D eigenvalue weighted by Gasteiger charge is -2.16. The fourth-order valence-electron chi connectivity index (χ4n) is 3.18. The molecule has 128 valence electrons. The second-order valence-electron chi connectivity index (χ2n) is 6.50. The molecule has 3 rings (SSSR count). The number of benzene rings is 3. The van der Waals surface area contributed by atoms with E-state index >= 15 is 0 Å². The van der Waals surface area contributed by atoms with Crippen LogP contribution in [-0.2, 0) is 4.79 Å². The average Bonchev–Trinajstić information content (AvgIpc) is 2.66. The zero-order chi connectivity index (χ0) is 17.6. The molecule has 3 aromatic rings. The van der Waals surface area contributed by atoms with E-state index in [1.807, 2.05) is 37.3 Å². The van der Waals surface area contributed by atoms with Crippen LogP contribution in [0.4, 0.5) is 0 Å². The Morgan fingerprint density at radius 2 is 1.60 bits per heavy atom. The topological polar surface area (TPSA) is 45.7 Å². The van der Waals surface area contributed by atoms with E-state index in [1.165, 1.54) is 16.3 Å². The number of hydrogen-bond acceptors (Lipinski definition) is 1. The van der Waals surface area contributed by atoms with Crippen LogP contribution in [0.1, 0.15) is 37.1 Å². The Morgan fingerprint density at radius 3 is 2.40 bits per heavy atom. The molecule has 0 saturated heterocycles. The highest BCUT2D eigenvalue weighted by molar-refractivity contribution is 5.86. The van der Waals surface area contributed by atoms with Gasteiger partial charge >= 0.3 is 0 Å². The summed E-state index contributed by atoms with van der Waals surface area (Å²) in [5, 5.41) is 7.66. The normalized spacial score (nSPS) is 13.4. The third-order valence-electron chi connectivity index (χ3n) is 4.65. The van der Waals surface area contributed by atoms with Crippen molar-refractivity contribution in [3.05, 3.63) is 83.9 Å². The van der Waals surface area contributed by atoms with Gasteiger partial charge in [0.1, 0.15) is 6.04 Å². The van der Waals surface area contributed by atoms with Gasteiger partial charge in [0.05, 0.1) is 6.04 Å². The Bertz CT molecular complexity index is 840. The molecule has 0 aliphatic heterocycles. The molecule has 3 aromatic carbocycles. The Labute approximate surface area is 149 Å². The van der Waals surface area contributed by atoms with Crippen LogP contribution in [0.15, 0.2) is 72.8 Å². The number of carbonyl (C=O) groups excluding carboxylic acids is 1. The van der Waals surface area contributed by atoms with Gasteiger partial charge in [0.2, 0.25) is 0 Å². The molecule has 3 N–H and O–H groups in total. The zero-order valence-electron chi connectivity index (χ0n) is 14.8. The summed E-state index contributed by atoms with van der Waals surface area (Å²) >= 11 is 0. The number of fused-ring (bicyclic) bond motifs is 1. The maximum absolute atomic E-state index is 12.3. The Morgan fingerprint density at radius 1 is 0.920 bits per heavy atom. The molecule has 0 aromatic heterocycles. The summed E-state index contributed by atoms with van der Waals surface area (Å²) in [7, 11) is 0. The quantitative estimate of drug-likeness (QED) is 0.714. The van der Waals surface area contributed by atoms with Gasteiger partial charge in [-0.2, -0.15) is 0 Å². The van der Waals surface area contributed by atoms with Crippen LogP contribution in [-0.4, -0.2) is 12.5 Å². The SMILES string of the molecule is C[C@H]([NH2+]CC(=O)N[C@H](C)c1ccccc1)c1cccc2ccccc12. The number of nitrogens with one attached hydrogen (secondary N) is 1. The Balaban J connectivity index is 1.60. The fourth-order valence-corrected chi connectivity index (χ4v) is 3.18. The average molecular weight is 333 g/mol. The van der Waals surface area contributed by atoms with Gasteiger partial charge in [0.15, 0.2) is 6.54 Å². The molecule has 2 atom stereocenters. The molecule has 0 bridgehead atoms. The van der Waals surface area contributed by atoms with E-state index in [0.29, 0.717) is 6.54 Å². The van der Waals surface area contributed by atoms with Gasteiger partial charge in [-0.25, -0.2) is 0 Å². The highest BCUT2D eigenvalue weighted by atomic mass is 16.1. The minimum absolute atomic E-state index is 0.0231. The van der Waals surface area contributed by atoms with Gasteiger partial charge in [-0.05, 0) is 30.2 Å². The first-order valence-corrected chi connectivity index (χ1v) is 8.80. The first kappa shape index (κ1) is 17.2. The molecule has 3 nitrogen and oxygen atoms in total. The third-order valence-corrected chi connectivity index (χ3v) is 4.65. The Hall–Kier alpha value is -2.65. The molecule has 3 heteroatoms. The summed E-state index contributed by atoms with van der Waals surface area (Å²) in [6, 6.07) is 25.0.